The summed E-state index contributed by atoms with van der Waals surface area (Å²) in [6.45, 7) is 3.26. The molecule has 0 radical (unpaired) electrons. The van der Waals surface area contributed by atoms with Gasteiger partial charge >= 0.3 is 0 Å². The van der Waals surface area contributed by atoms with E-state index in [2.05, 4.69) is 9.62 Å². The van der Waals surface area contributed by atoms with Gasteiger partial charge in [-0.3, -0.25) is 4.90 Å². The van der Waals surface area contributed by atoms with Gasteiger partial charge in [0.1, 0.15) is 0 Å². The first-order chi connectivity index (χ1) is 11.6. The molecule has 130 valence electrons. The average molecular weight is 349 g/mol. The number of benzene rings is 1. The van der Waals surface area contributed by atoms with Gasteiger partial charge in [-0.2, -0.15) is 0 Å². The summed E-state index contributed by atoms with van der Waals surface area (Å²) in [5, 5.41) is 0. The van der Waals surface area contributed by atoms with E-state index in [0.29, 0.717) is 19.8 Å². The molecular formula is C17H23N3O3S. The highest BCUT2D eigenvalue weighted by atomic mass is 32.2. The fraction of sp³-hybridized carbons (Fsp3) is 0.412. The second-order valence-electron chi connectivity index (χ2n) is 5.87. The van der Waals surface area contributed by atoms with E-state index in [1.807, 2.05) is 29.9 Å². The lowest BCUT2D eigenvalue weighted by molar-refractivity contribution is 0.0158. The first kappa shape index (κ1) is 17.2. The molecule has 0 bridgehead atoms. The monoisotopic (exact) mass is 349 g/mol. The number of nitrogens with one attached hydrogen (secondary N) is 1. The largest absolute Gasteiger partial charge is 0.379 e. The van der Waals surface area contributed by atoms with Crippen molar-refractivity contribution in [3.8, 4) is 0 Å². The number of ether oxygens (including phenoxy) is 1. The Kier molecular flexibility index (Phi) is 5.35. The Bertz CT molecular complexity index is 752. The number of aromatic nitrogens is 1. The molecule has 1 atom stereocenters. The molecule has 1 fully saturated rings. The van der Waals surface area contributed by atoms with Gasteiger partial charge in [0.25, 0.3) is 0 Å². The predicted octanol–water partition coefficient (Wildman–Crippen LogP) is 1.38. The van der Waals surface area contributed by atoms with Crippen molar-refractivity contribution in [2.75, 3.05) is 32.8 Å². The van der Waals surface area contributed by atoms with E-state index < -0.39 is 10.0 Å². The molecule has 24 heavy (non-hydrogen) atoms. The minimum Gasteiger partial charge on any atom is -0.379 e. The topological polar surface area (TPSA) is 63.6 Å². The van der Waals surface area contributed by atoms with Crippen molar-refractivity contribution in [2.24, 2.45) is 7.05 Å². The minimum atomic E-state index is -3.52. The average Bonchev–Trinajstić information content (AvgIpc) is 3.03. The van der Waals surface area contributed by atoms with Crippen LogP contribution in [0.15, 0.2) is 53.6 Å². The molecule has 0 spiro atoms. The zero-order valence-electron chi connectivity index (χ0n) is 13.8. The van der Waals surface area contributed by atoms with Crippen LogP contribution in [-0.4, -0.2) is 50.7 Å². The third kappa shape index (κ3) is 3.87. The maximum Gasteiger partial charge on any atom is 0.240 e. The van der Waals surface area contributed by atoms with Crippen LogP contribution < -0.4 is 4.72 Å². The van der Waals surface area contributed by atoms with Crippen LogP contribution in [0.5, 0.6) is 0 Å². The molecule has 2 heterocycles. The fourth-order valence-corrected chi connectivity index (χ4v) is 4.06. The Morgan fingerprint density at radius 1 is 1.12 bits per heavy atom. The standard InChI is InChI=1S/C17H23N3O3S/c1-19-9-5-8-16(19)17(20-10-12-23-13-11-20)14-18-24(21,22)15-6-3-2-4-7-15/h2-9,17-18H,10-14H2,1H3. The van der Waals surface area contributed by atoms with E-state index in [1.165, 1.54) is 0 Å². The smallest absolute Gasteiger partial charge is 0.240 e. The third-order valence-electron chi connectivity index (χ3n) is 4.33. The van der Waals surface area contributed by atoms with Crippen LogP contribution in [-0.2, 0) is 21.8 Å². The Labute approximate surface area is 143 Å². The molecule has 1 saturated heterocycles. The molecule has 1 aromatic carbocycles. The molecule has 0 saturated carbocycles. The minimum absolute atomic E-state index is 0.0209. The lowest BCUT2D eigenvalue weighted by atomic mass is 10.1. The molecule has 1 aliphatic heterocycles. The van der Waals surface area contributed by atoms with E-state index in [1.54, 1.807) is 30.3 Å². The molecule has 3 rings (SSSR count). The van der Waals surface area contributed by atoms with Crippen molar-refractivity contribution < 1.29 is 13.2 Å². The highest BCUT2D eigenvalue weighted by Gasteiger charge is 2.26. The van der Waals surface area contributed by atoms with Crippen molar-refractivity contribution in [1.29, 1.82) is 0 Å². The van der Waals surface area contributed by atoms with E-state index in [9.17, 15) is 8.42 Å². The van der Waals surface area contributed by atoms with Gasteiger partial charge in [-0.05, 0) is 24.3 Å². The summed E-state index contributed by atoms with van der Waals surface area (Å²) in [6, 6.07) is 12.5. The van der Waals surface area contributed by atoms with Crippen molar-refractivity contribution >= 4 is 10.0 Å². The summed E-state index contributed by atoms with van der Waals surface area (Å²) in [7, 11) is -1.53. The molecule has 0 aliphatic carbocycles. The Morgan fingerprint density at radius 2 is 1.83 bits per heavy atom. The van der Waals surface area contributed by atoms with Gasteiger partial charge in [-0.25, -0.2) is 13.1 Å². The lowest BCUT2D eigenvalue weighted by Gasteiger charge is -2.34. The first-order valence-corrected chi connectivity index (χ1v) is 9.54. The summed E-state index contributed by atoms with van der Waals surface area (Å²) in [5.74, 6) is 0. The number of rotatable bonds is 6. The van der Waals surface area contributed by atoms with Crippen molar-refractivity contribution in [1.82, 2.24) is 14.2 Å². The van der Waals surface area contributed by atoms with Crippen LogP contribution in [0.2, 0.25) is 0 Å². The third-order valence-corrected chi connectivity index (χ3v) is 5.77. The van der Waals surface area contributed by atoms with Gasteiger partial charge in [-0.15, -0.1) is 0 Å². The number of hydrogen-bond donors (Lipinski definition) is 1. The highest BCUT2D eigenvalue weighted by Crippen LogP contribution is 2.22. The van der Waals surface area contributed by atoms with Gasteiger partial charge in [-0.1, -0.05) is 18.2 Å². The molecule has 7 heteroatoms. The maximum absolute atomic E-state index is 12.5. The zero-order chi connectivity index (χ0) is 17.0. The van der Waals surface area contributed by atoms with Crippen molar-refractivity contribution in [3.05, 3.63) is 54.4 Å². The van der Waals surface area contributed by atoms with E-state index in [4.69, 9.17) is 4.74 Å². The number of aryl methyl sites for hydroxylation is 1. The summed E-state index contributed by atoms with van der Waals surface area (Å²) in [4.78, 5) is 2.56. The Morgan fingerprint density at radius 3 is 2.46 bits per heavy atom. The van der Waals surface area contributed by atoms with Gasteiger partial charge in [0.2, 0.25) is 10.0 Å². The molecule has 0 amide bonds. The number of sulfonamides is 1. The van der Waals surface area contributed by atoms with Gasteiger partial charge in [0.05, 0.1) is 24.2 Å². The quantitative estimate of drug-likeness (QED) is 0.856. The van der Waals surface area contributed by atoms with Gasteiger partial charge < -0.3 is 9.30 Å². The normalized spacial score (nSPS) is 17.7. The Balaban J connectivity index is 1.78. The van der Waals surface area contributed by atoms with Crippen LogP contribution >= 0.6 is 0 Å². The number of nitrogens with zero attached hydrogens (tertiary/aromatic N) is 2. The molecule has 1 N–H and O–H groups in total. The fourth-order valence-electron chi connectivity index (χ4n) is 3.00. The molecular weight excluding hydrogens is 326 g/mol. The van der Waals surface area contributed by atoms with Crippen molar-refractivity contribution in [3.63, 3.8) is 0 Å². The molecule has 1 unspecified atom stereocenters. The molecule has 6 nitrogen and oxygen atoms in total. The van der Waals surface area contributed by atoms with Crippen LogP contribution in [0.1, 0.15) is 11.7 Å². The second-order valence-corrected chi connectivity index (χ2v) is 7.64. The summed E-state index contributed by atoms with van der Waals surface area (Å²) < 4.78 is 35.3. The summed E-state index contributed by atoms with van der Waals surface area (Å²) in [6.07, 6.45) is 1.98. The molecule has 1 aromatic heterocycles. The van der Waals surface area contributed by atoms with Gasteiger partial charge in [0, 0.05) is 38.6 Å². The number of morpholine rings is 1. The maximum atomic E-state index is 12.5. The zero-order valence-corrected chi connectivity index (χ0v) is 14.6. The van der Waals surface area contributed by atoms with Gasteiger partial charge in [0.15, 0.2) is 0 Å². The Hall–Kier alpha value is -1.67. The first-order valence-electron chi connectivity index (χ1n) is 8.06. The summed E-state index contributed by atoms with van der Waals surface area (Å²) >= 11 is 0. The second kappa shape index (κ2) is 7.48. The highest BCUT2D eigenvalue weighted by molar-refractivity contribution is 7.89. The van der Waals surface area contributed by atoms with Crippen LogP contribution in [0, 0.1) is 0 Å². The SMILES string of the molecule is Cn1cccc1C(CNS(=O)(=O)c1ccccc1)N1CCOCC1. The van der Waals surface area contributed by atoms with Crippen molar-refractivity contribution in [2.45, 2.75) is 10.9 Å². The van der Waals surface area contributed by atoms with E-state index in [-0.39, 0.29) is 10.9 Å². The molecule has 2 aromatic rings. The van der Waals surface area contributed by atoms with Crippen LogP contribution in [0.25, 0.3) is 0 Å². The van der Waals surface area contributed by atoms with Crippen LogP contribution in [0.4, 0.5) is 0 Å². The van der Waals surface area contributed by atoms with E-state index in [0.717, 1.165) is 18.8 Å². The van der Waals surface area contributed by atoms with Crippen LogP contribution in [0.3, 0.4) is 0 Å². The van der Waals surface area contributed by atoms with E-state index >= 15 is 0 Å². The summed E-state index contributed by atoms with van der Waals surface area (Å²) in [5.41, 5.74) is 1.09. The lowest BCUT2D eigenvalue weighted by Crippen LogP contribution is -2.44. The molecule has 1 aliphatic rings. The number of hydrogen-bond acceptors (Lipinski definition) is 4. The predicted molar refractivity (Wildman–Crippen MR) is 92.2 cm³/mol.